The predicted molar refractivity (Wildman–Crippen MR) is 60.1 cm³/mol. The summed E-state index contributed by atoms with van der Waals surface area (Å²) in [7, 11) is 0. The van der Waals surface area contributed by atoms with E-state index < -0.39 is 0 Å². The van der Waals surface area contributed by atoms with E-state index in [1.807, 2.05) is 0 Å². The summed E-state index contributed by atoms with van der Waals surface area (Å²) in [5, 5.41) is 0.0257. The number of nitrogens with zero attached hydrogens (tertiary/aromatic N) is 1. The highest BCUT2D eigenvalue weighted by molar-refractivity contribution is 7.96. The van der Waals surface area contributed by atoms with Crippen LogP contribution in [0, 0.1) is 0 Å². The lowest BCUT2D eigenvalue weighted by Crippen LogP contribution is -2.51. The van der Waals surface area contributed by atoms with Crippen molar-refractivity contribution in [1.82, 2.24) is 0 Å². The Kier molecular flexibility index (Phi) is 6.43. The lowest BCUT2D eigenvalue weighted by atomic mass is 10.2. The van der Waals surface area contributed by atoms with E-state index in [4.69, 9.17) is 0 Å². The maximum atomic E-state index is 11.4. The molecule has 1 unspecified atom stereocenters. The van der Waals surface area contributed by atoms with E-state index in [9.17, 15) is 4.79 Å². The second-order valence-electron chi connectivity index (χ2n) is 3.54. The second kappa shape index (κ2) is 6.44. The van der Waals surface area contributed by atoms with Gasteiger partial charge in [-0.05, 0) is 32.4 Å². The van der Waals surface area contributed by atoms with Crippen LogP contribution in [0.15, 0.2) is 0 Å². The van der Waals surface area contributed by atoms with Gasteiger partial charge in [0.05, 0.1) is 19.6 Å². The molecule has 78 valence electrons. The summed E-state index contributed by atoms with van der Waals surface area (Å²) >= 11 is 4.00. The molecule has 0 saturated carbocycles. The number of thiol groups is 1. The molecule has 0 aliphatic carbocycles. The summed E-state index contributed by atoms with van der Waals surface area (Å²) in [6.07, 6.45) is 3.30. The number of carbonyl (C=O) groups excluding carboxylic acids is 1. The molecule has 0 aromatic carbocycles. The van der Waals surface area contributed by atoms with E-state index in [0.29, 0.717) is 4.48 Å². The maximum absolute atomic E-state index is 11.4. The van der Waals surface area contributed by atoms with Crippen molar-refractivity contribution >= 4 is 17.9 Å². The van der Waals surface area contributed by atoms with Crippen LogP contribution in [0.4, 0.5) is 4.79 Å². The fourth-order valence-electron chi connectivity index (χ4n) is 1.64. The molecule has 0 radical (unpaired) electrons. The van der Waals surface area contributed by atoms with Gasteiger partial charge in [-0.25, -0.2) is 4.79 Å². The van der Waals surface area contributed by atoms with Crippen molar-refractivity contribution in [3.05, 3.63) is 0 Å². The van der Waals surface area contributed by atoms with Gasteiger partial charge in [-0.15, -0.1) is 0 Å². The predicted octanol–water partition coefficient (Wildman–Crippen LogP) is 3.08. The minimum absolute atomic E-state index is 0.0257. The topological polar surface area (TPSA) is 17.1 Å². The number of hydrogen-bond donors (Lipinski definition) is 1. The monoisotopic (exact) mass is 204 g/mol. The Balaban J connectivity index is 4.35. The lowest BCUT2D eigenvalue weighted by molar-refractivity contribution is -0.842. The molecule has 1 amide bonds. The van der Waals surface area contributed by atoms with Gasteiger partial charge in [-0.1, -0.05) is 20.3 Å². The van der Waals surface area contributed by atoms with Crippen LogP contribution < -0.4 is 0 Å². The van der Waals surface area contributed by atoms with Crippen molar-refractivity contribution in [2.24, 2.45) is 0 Å². The molecule has 0 saturated heterocycles. The van der Waals surface area contributed by atoms with E-state index in [0.717, 1.165) is 38.9 Å². The first kappa shape index (κ1) is 13.0. The third kappa shape index (κ3) is 3.69. The van der Waals surface area contributed by atoms with Crippen molar-refractivity contribution in [1.29, 1.82) is 0 Å². The molecule has 3 heteroatoms. The maximum Gasteiger partial charge on any atom is 0.372 e. The van der Waals surface area contributed by atoms with Crippen LogP contribution in [0.5, 0.6) is 0 Å². The number of carbonyl (C=O) groups is 1. The minimum Gasteiger partial charge on any atom is -0.251 e. The number of quaternary nitrogens is 1. The van der Waals surface area contributed by atoms with Crippen LogP contribution >= 0.6 is 12.6 Å². The lowest BCUT2D eigenvalue weighted by Gasteiger charge is -2.32. The zero-order chi connectivity index (χ0) is 10.3. The fraction of sp³-hybridized carbons (Fsp3) is 0.900. The molecule has 0 spiro atoms. The van der Waals surface area contributed by atoms with Crippen molar-refractivity contribution in [2.45, 2.75) is 40.0 Å². The standard InChI is InChI=1S/C10H21NOS/c1-4-7-9-11(6-3,8-5-2)10(12)13/h4-9H2,1-3H3/p+1. The van der Waals surface area contributed by atoms with Crippen LogP contribution in [0.3, 0.4) is 0 Å². The molecule has 0 aliphatic heterocycles. The Morgan fingerprint density at radius 2 is 1.77 bits per heavy atom. The Morgan fingerprint density at radius 1 is 1.15 bits per heavy atom. The van der Waals surface area contributed by atoms with Gasteiger partial charge < -0.3 is 0 Å². The van der Waals surface area contributed by atoms with Crippen LogP contribution in [0.2, 0.25) is 0 Å². The van der Waals surface area contributed by atoms with Gasteiger partial charge in [0.1, 0.15) is 0 Å². The first-order valence-corrected chi connectivity index (χ1v) is 5.67. The highest BCUT2D eigenvalue weighted by atomic mass is 32.1. The Bertz CT molecular complexity index is 161. The van der Waals surface area contributed by atoms with Crippen molar-refractivity contribution < 1.29 is 9.28 Å². The van der Waals surface area contributed by atoms with Crippen molar-refractivity contribution in [2.75, 3.05) is 19.6 Å². The molecular formula is C10H22NOS+. The van der Waals surface area contributed by atoms with Crippen LogP contribution in [-0.4, -0.2) is 29.4 Å². The van der Waals surface area contributed by atoms with Crippen molar-refractivity contribution in [3.8, 4) is 0 Å². The third-order valence-electron chi connectivity index (χ3n) is 2.60. The molecule has 0 aromatic heterocycles. The number of hydrogen-bond acceptors (Lipinski definition) is 1. The van der Waals surface area contributed by atoms with E-state index in [-0.39, 0.29) is 5.24 Å². The third-order valence-corrected chi connectivity index (χ3v) is 3.03. The average molecular weight is 204 g/mol. The molecule has 0 heterocycles. The molecule has 0 aromatic rings. The van der Waals surface area contributed by atoms with E-state index >= 15 is 0 Å². The Hall–Kier alpha value is -0.0200. The summed E-state index contributed by atoms with van der Waals surface area (Å²) in [5.41, 5.74) is 0. The zero-order valence-electron chi connectivity index (χ0n) is 9.05. The molecular weight excluding hydrogens is 182 g/mol. The molecule has 0 bridgehead atoms. The number of rotatable bonds is 6. The molecule has 0 rings (SSSR count). The zero-order valence-corrected chi connectivity index (χ0v) is 9.94. The van der Waals surface area contributed by atoms with Gasteiger partial charge in [-0.2, -0.15) is 0 Å². The molecule has 2 nitrogen and oxygen atoms in total. The minimum atomic E-state index is 0.0257. The van der Waals surface area contributed by atoms with E-state index in [1.165, 1.54) is 0 Å². The molecule has 1 atom stereocenters. The Morgan fingerprint density at radius 3 is 2.08 bits per heavy atom. The van der Waals surface area contributed by atoms with Gasteiger partial charge in [0, 0.05) is 0 Å². The number of amides is 1. The highest BCUT2D eigenvalue weighted by Crippen LogP contribution is 2.14. The van der Waals surface area contributed by atoms with Gasteiger partial charge in [0.15, 0.2) is 0 Å². The number of unbranched alkanes of at least 4 members (excludes halogenated alkanes) is 1. The Labute approximate surface area is 87.3 Å². The van der Waals surface area contributed by atoms with Gasteiger partial charge in [-0.3, -0.25) is 4.48 Å². The smallest absolute Gasteiger partial charge is 0.251 e. The quantitative estimate of drug-likeness (QED) is 0.520. The molecule has 13 heavy (non-hydrogen) atoms. The molecule has 0 N–H and O–H groups in total. The normalized spacial score (nSPS) is 15.4. The average Bonchev–Trinajstić information content (AvgIpc) is 2.12. The van der Waals surface area contributed by atoms with Gasteiger partial charge in [0.25, 0.3) is 0 Å². The fourth-order valence-corrected chi connectivity index (χ4v) is 1.98. The van der Waals surface area contributed by atoms with E-state index in [2.05, 4.69) is 33.4 Å². The summed E-state index contributed by atoms with van der Waals surface area (Å²) in [6.45, 7) is 9.09. The summed E-state index contributed by atoms with van der Waals surface area (Å²) in [6, 6.07) is 0. The van der Waals surface area contributed by atoms with E-state index in [1.54, 1.807) is 0 Å². The first-order chi connectivity index (χ1) is 6.13. The first-order valence-electron chi connectivity index (χ1n) is 5.22. The van der Waals surface area contributed by atoms with Crippen LogP contribution in [-0.2, 0) is 0 Å². The summed E-state index contributed by atoms with van der Waals surface area (Å²) in [5.74, 6) is 0. The van der Waals surface area contributed by atoms with Gasteiger partial charge >= 0.3 is 5.24 Å². The highest BCUT2D eigenvalue weighted by Gasteiger charge is 2.30. The largest absolute Gasteiger partial charge is 0.372 e. The summed E-state index contributed by atoms with van der Waals surface area (Å²) < 4.78 is 0.549. The second-order valence-corrected chi connectivity index (χ2v) is 3.93. The SMILES string of the molecule is CCCC[N+](CC)(CCC)C(=O)S. The van der Waals surface area contributed by atoms with Crippen LogP contribution in [0.1, 0.15) is 40.0 Å². The van der Waals surface area contributed by atoms with Crippen LogP contribution in [0.25, 0.3) is 0 Å². The summed E-state index contributed by atoms with van der Waals surface area (Å²) in [4.78, 5) is 11.4. The molecule has 0 fully saturated rings. The van der Waals surface area contributed by atoms with Gasteiger partial charge in [0.2, 0.25) is 0 Å². The van der Waals surface area contributed by atoms with Crippen molar-refractivity contribution in [3.63, 3.8) is 0 Å². The molecule has 0 aliphatic rings.